The van der Waals surface area contributed by atoms with Crippen LogP contribution in [0.2, 0.25) is 0 Å². The summed E-state index contributed by atoms with van der Waals surface area (Å²) in [5.74, 6) is 0. The number of aliphatic hydroxyl groups excluding tert-OH is 1. The van der Waals surface area contributed by atoms with Crippen molar-refractivity contribution in [2.24, 2.45) is 0 Å². The molecule has 0 bridgehead atoms. The van der Waals surface area contributed by atoms with Gasteiger partial charge in [-0.1, -0.05) is 12.1 Å². The highest BCUT2D eigenvalue weighted by Gasteiger charge is 2.04. The molecule has 2 aromatic rings. The maximum absolute atomic E-state index is 9.45. The van der Waals surface area contributed by atoms with E-state index < -0.39 is 6.10 Å². The van der Waals surface area contributed by atoms with E-state index in [1.54, 1.807) is 6.92 Å². The lowest BCUT2D eigenvalue weighted by Crippen LogP contribution is -1.93. The zero-order valence-electron chi connectivity index (χ0n) is 10.7. The molecular formula is C14H16N2OS. The molecule has 0 spiro atoms. The minimum atomic E-state index is -0.429. The van der Waals surface area contributed by atoms with Crippen LogP contribution >= 0.6 is 11.8 Å². The third kappa shape index (κ3) is 3.31. The van der Waals surface area contributed by atoms with Gasteiger partial charge in [-0.25, -0.2) is 9.97 Å². The molecule has 0 fully saturated rings. The van der Waals surface area contributed by atoms with Gasteiger partial charge in [0.05, 0.1) is 6.10 Å². The summed E-state index contributed by atoms with van der Waals surface area (Å²) in [6, 6.07) is 9.77. The zero-order chi connectivity index (χ0) is 13.1. The quantitative estimate of drug-likeness (QED) is 0.860. The summed E-state index contributed by atoms with van der Waals surface area (Å²) in [4.78, 5) is 9.85. The summed E-state index contributed by atoms with van der Waals surface area (Å²) >= 11 is 1.53. The molecule has 0 saturated heterocycles. The second-order valence-corrected chi connectivity index (χ2v) is 5.32. The lowest BCUT2D eigenvalue weighted by Gasteiger charge is -2.06. The summed E-state index contributed by atoms with van der Waals surface area (Å²) in [6.07, 6.45) is -0.429. The van der Waals surface area contributed by atoms with E-state index >= 15 is 0 Å². The van der Waals surface area contributed by atoms with Gasteiger partial charge in [0.25, 0.3) is 0 Å². The van der Waals surface area contributed by atoms with Gasteiger partial charge in [0.2, 0.25) is 0 Å². The Morgan fingerprint density at radius 2 is 1.61 bits per heavy atom. The van der Waals surface area contributed by atoms with Gasteiger partial charge in [0, 0.05) is 16.3 Å². The van der Waals surface area contributed by atoms with Crippen LogP contribution < -0.4 is 0 Å². The zero-order valence-corrected chi connectivity index (χ0v) is 11.5. The molecule has 0 unspecified atom stereocenters. The molecule has 0 aliphatic heterocycles. The van der Waals surface area contributed by atoms with E-state index in [4.69, 9.17) is 0 Å². The number of benzene rings is 1. The fourth-order valence-corrected chi connectivity index (χ4v) is 2.52. The summed E-state index contributed by atoms with van der Waals surface area (Å²) in [7, 11) is 0. The number of aryl methyl sites for hydroxylation is 2. The minimum absolute atomic E-state index is 0.429. The van der Waals surface area contributed by atoms with Gasteiger partial charge in [-0.2, -0.15) is 0 Å². The molecule has 2 rings (SSSR count). The van der Waals surface area contributed by atoms with Crippen molar-refractivity contribution in [1.29, 1.82) is 0 Å². The third-order valence-corrected chi connectivity index (χ3v) is 3.41. The molecule has 1 heterocycles. The molecule has 94 valence electrons. The first-order valence-electron chi connectivity index (χ1n) is 5.83. The Balaban J connectivity index is 2.18. The largest absolute Gasteiger partial charge is 0.389 e. The standard InChI is InChI=1S/C14H16N2OS/c1-9-8-10(2)16-14(15-9)18-13-6-4-12(5-7-13)11(3)17/h4-8,11,17H,1-3H3/t11-/m0/s1. The maximum Gasteiger partial charge on any atom is 0.192 e. The van der Waals surface area contributed by atoms with E-state index in [-0.39, 0.29) is 0 Å². The van der Waals surface area contributed by atoms with Crippen molar-refractivity contribution in [3.63, 3.8) is 0 Å². The van der Waals surface area contributed by atoms with Crippen LogP contribution in [0.1, 0.15) is 30.0 Å². The van der Waals surface area contributed by atoms with Crippen molar-refractivity contribution >= 4 is 11.8 Å². The van der Waals surface area contributed by atoms with Gasteiger partial charge in [-0.05, 0) is 56.3 Å². The van der Waals surface area contributed by atoms with Crippen molar-refractivity contribution in [3.05, 3.63) is 47.3 Å². The fraction of sp³-hybridized carbons (Fsp3) is 0.286. The minimum Gasteiger partial charge on any atom is -0.389 e. The summed E-state index contributed by atoms with van der Waals surface area (Å²) < 4.78 is 0. The Hall–Kier alpha value is -1.39. The van der Waals surface area contributed by atoms with E-state index in [0.29, 0.717) is 0 Å². The van der Waals surface area contributed by atoms with E-state index in [9.17, 15) is 5.11 Å². The van der Waals surface area contributed by atoms with Crippen molar-refractivity contribution in [2.75, 3.05) is 0 Å². The molecular weight excluding hydrogens is 244 g/mol. The lowest BCUT2D eigenvalue weighted by atomic mass is 10.1. The number of hydrogen-bond donors (Lipinski definition) is 1. The highest BCUT2D eigenvalue weighted by Crippen LogP contribution is 2.26. The lowest BCUT2D eigenvalue weighted by molar-refractivity contribution is 0.199. The Kier molecular flexibility index (Phi) is 3.99. The highest BCUT2D eigenvalue weighted by molar-refractivity contribution is 7.99. The van der Waals surface area contributed by atoms with Crippen LogP contribution in [0, 0.1) is 13.8 Å². The Morgan fingerprint density at radius 1 is 1.06 bits per heavy atom. The van der Waals surface area contributed by atoms with Crippen LogP contribution in [0.25, 0.3) is 0 Å². The smallest absolute Gasteiger partial charge is 0.192 e. The van der Waals surface area contributed by atoms with Crippen LogP contribution in [0.15, 0.2) is 40.4 Å². The first kappa shape index (κ1) is 13.1. The van der Waals surface area contributed by atoms with Crippen LogP contribution in [0.5, 0.6) is 0 Å². The first-order valence-corrected chi connectivity index (χ1v) is 6.64. The molecule has 1 atom stereocenters. The second kappa shape index (κ2) is 5.50. The van der Waals surface area contributed by atoms with Crippen molar-refractivity contribution in [2.45, 2.75) is 36.9 Å². The Morgan fingerprint density at radius 3 is 2.11 bits per heavy atom. The van der Waals surface area contributed by atoms with Gasteiger partial charge < -0.3 is 5.11 Å². The predicted molar refractivity (Wildman–Crippen MR) is 72.7 cm³/mol. The average molecular weight is 260 g/mol. The molecule has 0 saturated carbocycles. The van der Waals surface area contributed by atoms with E-state index in [0.717, 1.165) is 27.0 Å². The van der Waals surface area contributed by atoms with E-state index in [2.05, 4.69) is 9.97 Å². The Labute approximate surface area is 111 Å². The van der Waals surface area contributed by atoms with Crippen LogP contribution in [0.4, 0.5) is 0 Å². The number of nitrogens with zero attached hydrogens (tertiary/aromatic N) is 2. The number of aromatic nitrogens is 2. The summed E-state index contributed by atoms with van der Waals surface area (Å²) in [6.45, 7) is 5.69. The molecule has 18 heavy (non-hydrogen) atoms. The van der Waals surface area contributed by atoms with Gasteiger partial charge >= 0.3 is 0 Å². The molecule has 1 aromatic carbocycles. The van der Waals surface area contributed by atoms with E-state index in [1.165, 1.54) is 11.8 Å². The number of aliphatic hydroxyl groups is 1. The summed E-state index contributed by atoms with van der Waals surface area (Å²) in [5.41, 5.74) is 2.87. The Bertz CT molecular complexity index is 518. The molecule has 1 aromatic heterocycles. The molecule has 0 aliphatic carbocycles. The van der Waals surface area contributed by atoms with Crippen molar-refractivity contribution in [1.82, 2.24) is 9.97 Å². The highest BCUT2D eigenvalue weighted by atomic mass is 32.2. The van der Waals surface area contributed by atoms with Gasteiger partial charge in [-0.3, -0.25) is 0 Å². The molecule has 3 nitrogen and oxygen atoms in total. The van der Waals surface area contributed by atoms with E-state index in [1.807, 2.05) is 44.2 Å². The third-order valence-electron chi connectivity index (χ3n) is 2.53. The molecule has 0 radical (unpaired) electrons. The molecule has 0 aliphatic rings. The van der Waals surface area contributed by atoms with Crippen LogP contribution in [-0.2, 0) is 0 Å². The molecule has 1 N–H and O–H groups in total. The fourth-order valence-electron chi connectivity index (χ4n) is 1.66. The maximum atomic E-state index is 9.45. The van der Waals surface area contributed by atoms with Gasteiger partial charge in [-0.15, -0.1) is 0 Å². The first-order chi connectivity index (χ1) is 8.54. The van der Waals surface area contributed by atoms with Gasteiger partial charge in [0.15, 0.2) is 5.16 Å². The van der Waals surface area contributed by atoms with Crippen molar-refractivity contribution < 1.29 is 5.11 Å². The average Bonchev–Trinajstić information content (AvgIpc) is 2.28. The predicted octanol–water partition coefficient (Wildman–Crippen LogP) is 3.30. The molecule has 4 heteroatoms. The normalized spacial score (nSPS) is 12.4. The van der Waals surface area contributed by atoms with Crippen LogP contribution in [0.3, 0.4) is 0 Å². The number of rotatable bonds is 3. The summed E-state index contributed by atoms with van der Waals surface area (Å²) in [5, 5.41) is 10.2. The van der Waals surface area contributed by atoms with Crippen LogP contribution in [-0.4, -0.2) is 15.1 Å². The van der Waals surface area contributed by atoms with Crippen molar-refractivity contribution in [3.8, 4) is 0 Å². The van der Waals surface area contributed by atoms with Gasteiger partial charge in [0.1, 0.15) is 0 Å². The SMILES string of the molecule is Cc1cc(C)nc(Sc2ccc([C@H](C)O)cc2)n1. The molecule has 0 amide bonds. The monoisotopic (exact) mass is 260 g/mol. The topological polar surface area (TPSA) is 46.0 Å². The second-order valence-electron chi connectivity index (χ2n) is 4.28. The number of hydrogen-bond acceptors (Lipinski definition) is 4.